The average Bonchev–Trinajstić information content (AvgIpc) is 3.51. The highest BCUT2D eigenvalue weighted by molar-refractivity contribution is 6.31. The molecule has 1 aromatic carbocycles. The first-order valence-corrected chi connectivity index (χ1v) is 11.5. The van der Waals surface area contributed by atoms with Gasteiger partial charge in [0.1, 0.15) is 5.54 Å². The smallest absolute Gasteiger partial charge is 0.322 e. The van der Waals surface area contributed by atoms with Crippen LogP contribution in [0.5, 0.6) is 0 Å². The highest BCUT2D eigenvalue weighted by atomic mass is 35.5. The monoisotopic (exact) mass is 429 g/mol. The second-order valence-corrected chi connectivity index (χ2v) is 9.79. The largest absolute Gasteiger partial charge is 0.325 e. The Balaban J connectivity index is 1.57. The lowest BCUT2D eigenvalue weighted by atomic mass is 9.74. The van der Waals surface area contributed by atoms with E-state index in [9.17, 15) is 9.59 Å². The van der Waals surface area contributed by atoms with Gasteiger partial charge < -0.3 is 5.32 Å². The lowest BCUT2D eigenvalue weighted by Crippen LogP contribution is -2.57. The van der Waals surface area contributed by atoms with Gasteiger partial charge >= 0.3 is 6.03 Å². The summed E-state index contributed by atoms with van der Waals surface area (Å²) in [6.45, 7) is 7.60. The topological polar surface area (TPSA) is 52.7 Å². The molecule has 0 aromatic heterocycles. The molecule has 0 radical (unpaired) electrons. The van der Waals surface area contributed by atoms with Crippen LogP contribution >= 0.6 is 11.6 Å². The van der Waals surface area contributed by atoms with E-state index in [2.05, 4.69) is 30.1 Å². The molecule has 0 spiro atoms. The summed E-state index contributed by atoms with van der Waals surface area (Å²) in [6, 6.07) is 7.44. The Morgan fingerprint density at radius 3 is 2.50 bits per heavy atom. The maximum Gasteiger partial charge on any atom is 0.325 e. The van der Waals surface area contributed by atoms with Gasteiger partial charge in [-0.05, 0) is 76.1 Å². The number of imide groups is 1. The van der Waals surface area contributed by atoms with E-state index in [1.165, 1.54) is 10.5 Å². The Kier molecular flexibility index (Phi) is 6.21. The zero-order chi connectivity index (χ0) is 21.3. The van der Waals surface area contributed by atoms with Gasteiger partial charge in [-0.2, -0.15) is 0 Å². The molecule has 5 nitrogen and oxygen atoms in total. The van der Waals surface area contributed by atoms with Gasteiger partial charge in [0.15, 0.2) is 0 Å². The predicted molar refractivity (Wildman–Crippen MR) is 119 cm³/mol. The Labute approximate surface area is 184 Å². The van der Waals surface area contributed by atoms with Crippen LogP contribution in [0.15, 0.2) is 35.9 Å². The molecule has 1 unspecified atom stereocenters. The molecule has 30 heavy (non-hydrogen) atoms. The molecule has 3 aliphatic rings. The molecular weight excluding hydrogens is 398 g/mol. The van der Waals surface area contributed by atoms with E-state index in [4.69, 9.17) is 11.6 Å². The summed E-state index contributed by atoms with van der Waals surface area (Å²) in [7, 11) is 0. The van der Waals surface area contributed by atoms with Crippen molar-refractivity contribution < 1.29 is 9.59 Å². The fourth-order valence-corrected chi connectivity index (χ4v) is 4.97. The maximum absolute atomic E-state index is 13.7. The van der Waals surface area contributed by atoms with Crippen LogP contribution in [0.2, 0.25) is 5.02 Å². The molecule has 1 N–H and O–H groups in total. The second-order valence-electron chi connectivity index (χ2n) is 9.39. The Bertz CT molecular complexity index is 839. The SMILES string of the molecule is CC(C)=CCN1CCC(C2(Cc3ccccc3Cl)NC(=O)N(CC3CC3)C2=O)CC1. The van der Waals surface area contributed by atoms with E-state index >= 15 is 0 Å². The number of urea groups is 1. The molecule has 1 saturated carbocycles. The van der Waals surface area contributed by atoms with Gasteiger partial charge in [-0.25, -0.2) is 4.79 Å². The molecule has 3 fully saturated rings. The van der Waals surface area contributed by atoms with Crippen LogP contribution in [-0.2, 0) is 11.2 Å². The van der Waals surface area contributed by atoms with Crippen molar-refractivity contribution in [1.29, 1.82) is 0 Å². The molecule has 1 aromatic rings. The number of nitrogens with one attached hydrogen (secondary N) is 1. The van der Waals surface area contributed by atoms with Crippen LogP contribution in [0.1, 0.15) is 45.1 Å². The van der Waals surface area contributed by atoms with Crippen molar-refractivity contribution in [2.45, 2.75) is 51.5 Å². The highest BCUT2D eigenvalue weighted by Gasteiger charge is 2.56. The fraction of sp³-hybridized carbons (Fsp3) is 0.583. The number of amides is 3. The van der Waals surface area contributed by atoms with Gasteiger partial charge in [-0.3, -0.25) is 14.6 Å². The standard InChI is InChI=1S/C24H32ClN3O2/c1-17(2)9-12-27-13-10-20(11-14-27)24(15-19-5-3-4-6-21(19)25)22(29)28(23(30)26-24)16-18-7-8-18/h3-6,9,18,20H,7-8,10-16H2,1-2H3,(H,26,30). The van der Waals surface area contributed by atoms with Crippen LogP contribution in [0.4, 0.5) is 4.79 Å². The van der Waals surface area contributed by atoms with Gasteiger partial charge in [0.2, 0.25) is 0 Å². The number of carbonyl (C=O) groups is 2. The number of piperidine rings is 1. The van der Waals surface area contributed by atoms with Gasteiger partial charge in [-0.1, -0.05) is 41.4 Å². The third-order valence-electron chi connectivity index (χ3n) is 6.81. The predicted octanol–water partition coefficient (Wildman–Crippen LogP) is 4.26. The third-order valence-corrected chi connectivity index (χ3v) is 7.18. The minimum absolute atomic E-state index is 0.0536. The first-order valence-electron chi connectivity index (χ1n) is 11.1. The van der Waals surface area contributed by atoms with Crippen molar-refractivity contribution in [2.75, 3.05) is 26.2 Å². The molecule has 1 aliphatic carbocycles. The highest BCUT2D eigenvalue weighted by Crippen LogP contribution is 2.39. The summed E-state index contributed by atoms with van der Waals surface area (Å²) in [5, 5.41) is 3.81. The summed E-state index contributed by atoms with van der Waals surface area (Å²) in [5.74, 6) is 0.529. The molecule has 6 heteroatoms. The van der Waals surface area contributed by atoms with Crippen molar-refractivity contribution in [3.8, 4) is 0 Å². The van der Waals surface area contributed by atoms with Crippen molar-refractivity contribution in [2.24, 2.45) is 11.8 Å². The lowest BCUT2D eigenvalue weighted by molar-refractivity contribution is -0.134. The van der Waals surface area contributed by atoms with Crippen LogP contribution in [0, 0.1) is 11.8 Å². The van der Waals surface area contributed by atoms with Crippen LogP contribution in [-0.4, -0.2) is 53.5 Å². The molecule has 0 bridgehead atoms. The molecule has 3 amide bonds. The van der Waals surface area contributed by atoms with E-state index in [1.807, 2.05) is 24.3 Å². The van der Waals surface area contributed by atoms with Crippen LogP contribution in [0.25, 0.3) is 0 Å². The third kappa shape index (κ3) is 4.42. The summed E-state index contributed by atoms with van der Waals surface area (Å²) in [4.78, 5) is 30.5. The van der Waals surface area contributed by atoms with Crippen molar-refractivity contribution in [1.82, 2.24) is 15.1 Å². The summed E-state index contributed by atoms with van der Waals surface area (Å²) >= 11 is 6.46. The summed E-state index contributed by atoms with van der Waals surface area (Å²) in [6.07, 6.45) is 6.71. The Morgan fingerprint density at radius 1 is 1.17 bits per heavy atom. The molecule has 2 heterocycles. The van der Waals surface area contributed by atoms with Crippen LogP contribution in [0.3, 0.4) is 0 Å². The van der Waals surface area contributed by atoms with Gasteiger partial charge in [0, 0.05) is 24.5 Å². The number of halogens is 1. The fourth-order valence-electron chi connectivity index (χ4n) is 4.77. The zero-order valence-electron chi connectivity index (χ0n) is 18.0. The van der Waals surface area contributed by atoms with E-state index in [1.54, 1.807) is 0 Å². The molecule has 2 saturated heterocycles. The van der Waals surface area contributed by atoms with E-state index in [0.717, 1.165) is 50.9 Å². The van der Waals surface area contributed by atoms with Crippen molar-refractivity contribution in [3.63, 3.8) is 0 Å². The number of carbonyl (C=O) groups excluding carboxylic acids is 2. The first kappa shape index (κ1) is 21.4. The van der Waals surface area contributed by atoms with E-state index in [0.29, 0.717) is 23.9 Å². The molecule has 162 valence electrons. The number of nitrogens with zero attached hydrogens (tertiary/aromatic N) is 2. The Hall–Kier alpha value is -1.85. The van der Waals surface area contributed by atoms with E-state index in [-0.39, 0.29) is 17.9 Å². The maximum atomic E-state index is 13.7. The summed E-state index contributed by atoms with van der Waals surface area (Å²) < 4.78 is 0. The van der Waals surface area contributed by atoms with E-state index < -0.39 is 5.54 Å². The first-order chi connectivity index (χ1) is 14.4. The molecular formula is C24H32ClN3O2. The Morgan fingerprint density at radius 2 is 1.87 bits per heavy atom. The number of likely N-dealkylation sites (tertiary alicyclic amines) is 1. The van der Waals surface area contributed by atoms with Gasteiger partial charge in [0.25, 0.3) is 5.91 Å². The molecule has 1 atom stereocenters. The quantitative estimate of drug-likeness (QED) is 0.520. The minimum Gasteiger partial charge on any atom is -0.322 e. The summed E-state index contributed by atoms with van der Waals surface area (Å²) in [5.41, 5.74) is 1.36. The van der Waals surface area contributed by atoms with Crippen LogP contribution < -0.4 is 5.32 Å². The number of allylic oxidation sites excluding steroid dienone is 1. The lowest BCUT2D eigenvalue weighted by Gasteiger charge is -2.41. The number of rotatable bonds is 7. The minimum atomic E-state index is -0.889. The van der Waals surface area contributed by atoms with Gasteiger partial charge in [-0.15, -0.1) is 0 Å². The van der Waals surface area contributed by atoms with Crippen molar-refractivity contribution >= 4 is 23.5 Å². The zero-order valence-corrected chi connectivity index (χ0v) is 18.8. The van der Waals surface area contributed by atoms with Crippen molar-refractivity contribution in [3.05, 3.63) is 46.5 Å². The average molecular weight is 430 g/mol. The molecule has 4 rings (SSSR count). The molecule has 2 aliphatic heterocycles. The normalized spacial score (nSPS) is 25.5. The number of hydrogen-bond acceptors (Lipinski definition) is 3. The number of benzene rings is 1. The second kappa shape index (κ2) is 8.72. The van der Waals surface area contributed by atoms with Gasteiger partial charge in [0.05, 0.1) is 0 Å². The number of hydrogen-bond donors (Lipinski definition) is 1.